The molecule has 1 atom stereocenters. The number of ether oxygens (including phenoxy) is 1. The lowest BCUT2D eigenvalue weighted by molar-refractivity contribution is -0.141. The first-order valence-corrected chi connectivity index (χ1v) is 10.9. The number of benzene rings is 2. The Hall–Kier alpha value is -3.67. The van der Waals surface area contributed by atoms with Crippen molar-refractivity contribution in [2.75, 3.05) is 18.4 Å². The summed E-state index contributed by atoms with van der Waals surface area (Å²) in [5, 5.41) is 2.90. The first-order valence-electron chi connectivity index (χ1n) is 10.9. The maximum absolute atomic E-state index is 13.4. The van der Waals surface area contributed by atoms with Crippen LogP contribution >= 0.6 is 0 Å². The first kappa shape index (κ1) is 21.6. The monoisotopic (exact) mass is 429 g/mol. The Bertz CT molecular complexity index is 1050. The number of likely N-dealkylation sites (tertiary alicyclic amines) is 1. The lowest BCUT2D eigenvalue weighted by Crippen LogP contribution is -2.44. The van der Waals surface area contributed by atoms with Gasteiger partial charge in [0, 0.05) is 30.8 Å². The summed E-state index contributed by atoms with van der Waals surface area (Å²) < 4.78 is 6.10. The van der Waals surface area contributed by atoms with Crippen molar-refractivity contribution in [3.63, 3.8) is 0 Å². The van der Waals surface area contributed by atoms with Gasteiger partial charge >= 0.3 is 0 Å². The summed E-state index contributed by atoms with van der Waals surface area (Å²) >= 11 is 0. The highest BCUT2D eigenvalue weighted by Gasteiger charge is 2.32. The number of hydrogen-bond acceptors (Lipinski definition) is 4. The zero-order valence-corrected chi connectivity index (χ0v) is 18.1. The van der Waals surface area contributed by atoms with Gasteiger partial charge < -0.3 is 15.0 Å². The zero-order valence-electron chi connectivity index (χ0n) is 18.1. The highest BCUT2D eigenvalue weighted by Crippen LogP contribution is 2.27. The van der Waals surface area contributed by atoms with Crippen molar-refractivity contribution in [1.82, 2.24) is 9.88 Å². The maximum Gasteiger partial charge on any atom is 0.268 e. The van der Waals surface area contributed by atoms with Crippen molar-refractivity contribution in [3.8, 4) is 5.75 Å². The third-order valence-corrected chi connectivity index (χ3v) is 5.67. The second-order valence-corrected chi connectivity index (χ2v) is 8.03. The van der Waals surface area contributed by atoms with E-state index < -0.39 is 6.10 Å². The number of nitrogens with one attached hydrogen (secondary N) is 1. The van der Waals surface area contributed by atoms with Crippen LogP contribution in [-0.2, 0) is 9.59 Å². The molecule has 2 amide bonds. The van der Waals surface area contributed by atoms with E-state index in [4.69, 9.17) is 4.74 Å². The summed E-state index contributed by atoms with van der Waals surface area (Å²) in [5.74, 6) is 0.935. The molecule has 1 unspecified atom stereocenters. The van der Waals surface area contributed by atoms with Gasteiger partial charge in [-0.2, -0.15) is 0 Å². The van der Waals surface area contributed by atoms with E-state index >= 15 is 0 Å². The van der Waals surface area contributed by atoms with Crippen molar-refractivity contribution in [2.45, 2.75) is 25.9 Å². The van der Waals surface area contributed by atoms with E-state index in [0.29, 0.717) is 37.5 Å². The molecule has 1 N–H and O–H groups in total. The van der Waals surface area contributed by atoms with Crippen LogP contribution < -0.4 is 10.1 Å². The molecule has 1 aliphatic heterocycles. The van der Waals surface area contributed by atoms with Crippen LogP contribution in [0.25, 0.3) is 0 Å². The van der Waals surface area contributed by atoms with Crippen molar-refractivity contribution in [3.05, 3.63) is 90.1 Å². The van der Waals surface area contributed by atoms with Gasteiger partial charge in [-0.05, 0) is 49.6 Å². The van der Waals surface area contributed by atoms with Crippen molar-refractivity contribution < 1.29 is 14.3 Å². The molecule has 0 radical (unpaired) electrons. The second-order valence-electron chi connectivity index (χ2n) is 8.03. The number of amides is 2. The molecule has 1 aromatic heterocycles. The lowest BCUT2D eigenvalue weighted by Gasteiger charge is -2.33. The molecule has 0 bridgehead atoms. The van der Waals surface area contributed by atoms with Gasteiger partial charge in [-0.1, -0.05) is 48.5 Å². The van der Waals surface area contributed by atoms with E-state index in [2.05, 4.69) is 10.3 Å². The van der Waals surface area contributed by atoms with E-state index in [9.17, 15) is 9.59 Å². The molecule has 2 heterocycles. The Labute approximate surface area is 188 Å². The summed E-state index contributed by atoms with van der Waals surface area (Å²) in [6, 6.07) is 22.6. The predicted octanol–water partition coefficient (Wildman–Crippen LogP) is 4.39. The molecule has 2 aromatic carbocycles. The van der Waals surface area contributed by atoms with E-state index in [0.717, 1.165) is 11.1 Å². The molecule has 32 heavy (non-hydrogen) atoms. The number of para-hydroxylation sites is 1. The molecular weight excluding hydrogens is 402 g/mol. The minimum absolute atomic E-state index is 0.0460. The number of aromatic nitrogens is 1. The Morgan fingerprint density at radius 2 is 1.66 bits per heavy atom. The van der Waals surface area contributed by atoms with Crippen LogP contribution in [0.5, 0.6) is 5.75 Å². The van der Waals surface area contributed by atoms with Crippen LogP contribution in [0.15, 0.2) is 79.0 Å². The van der Waals surface area contributed by atoms with Gasteiger partial charge in [-0.3, -0.25) is 9.59 Å². The standard InChI is InChI=1S/C26H27N3O3/c1-19-12-15-27-23(18-19)28-25(30)21-13-16-29(17-14-21)26(31)24(20-8-4-2-5-9-20)32-22-10-6-3-7-11-22/h2-12,15,18,21,24H,13-14,16-17H2,1H3,(H,27,28,30). The molecule has 3 aromatic rings. The molecule has 0 spiro atoms. The summed E-state index contributed by atoms with van der Waals surface area (Å²) in [4.78, 5) is 32.1. The minimum atomic E-state index is -0.722. The largest absolute Gasteiger partial charge is 0.476 e. The fourth-order valence-corrected chi connectivity index (χ4v) is 3.88. The van der Waals surface area contributed by atoms with Crippen molar-refractivity contribution in [1.29, 1.82) is 0 Å². The molecule has 0 aliphatic carbocycles. The normalized spacial score (nSPS) is 15.1. The third-order valence-electron chi connectivity index (χ3n) is 5.67. The van der Waals surface area contributed by atoms with Gasteiger partial charge in [0.2, 0.25) is 12.0 Å². The van der Waals surface area contributed by atoms with Crippen LogP contribution in [-0.4, -0.2) is 34.8 Å². The van der Waals surface area contributed by atoms with E-state index in [1.54, 1.807) is 11.1 Å². The number of carbonyl (C=O) groups excluding carboxylic acids is 2. The Morgan fingerprint density at radius 3 is 2.31 bits per heavy atom. The van der Waals surface area contributed by atoms with Crippen molar-refractivity contribution in [2.24, 2.45) is 5.92 Å². The zero-order chi connectivity index (χ0) is 22.3. The van der Waals surface area contributed by atoms with Gasteiger partial charge in [0.1, 0.15) is 11.6 Å². The molecule has 6 heteroatoms. The lowest BCUT2D eigenvalue weighted by atomic mass is 9.95. The van der Waals surface area contributed by atoms with Gasteiger partial charge in [-0.15, -0.1) is 0 Å². The summed E-state index contributed by atoms with van der Waals surface area (Å²) in [7, 11) is 0. The molecule has 0 saturated carbocycles. The van der Waals surface area contributed by atoms with Crippen LogP contribution in [0.3, 0.4) is 0 Å². The Balaban J connectivity index is 1.40. The number of nitrogens with zero attached hydrogens (tertiary/aromatic N) is 2. The molecule has 1 fully saturated rings. The topological polar surface area (TPSA) is 71.5 Å². The molecule has 6 nitrogen and oxygen atoms in total. The van der Waals surface area contributed by atoms with E-state index in [-0.39, 0.29) is 17.7 Å². The van der Waals surface area contributed by atoms with Crippen LogP contribution in [0.2, 0.25) is 0 Å². The average molecular weight is 430 g/mol. The predicted molar refractivity (Wildman–Crippen MR) is 123 cm³/mol. The summed E-state index contributed by atoms with van der Waals surface area (Å²) in [6.07, 6.45) is 2.18. The summed E-state index contributed by atoms with van der Waals surface area (Å²) in [6.45, 7) is 2.99. The molecule has 1 aliphatic rings. The number of carbonyl (C=O) groups is 2. The first-order chi connectivity index (χ1) is 15.6. The van der Waals surface area contributed by atoms with E-state index in [1.165, 1.54) is 0 Å². The van der Waals surface area contributed by atoms with Crippen LogP contribution in [0.4, 0.5) is 5.82 Å². The Kier molecular flexibility index (Phi) is 6.80. The van der Waals surface area contributed by atoms with Crippen molar-refractivity contribution >= 4 is 17.6 Å². The highest BCUT2D eigenvalue weighted by molar-refractivity contribution is 5.92. The van der Waals surface area contributed by atoms with Gasteiger partial charge in [0.25, 0.3) is 5.91 Å². The number of pyridine rings is 1. The second kappa shape index (κ2) is 10.1. The maximum atomic E-state index is 13.4. The van der Waals surface area contributed by atoms with Crippen LogP contribution in [0.1, 0.15) is 30.1 Å². The number of hydrogen-bond donors (Lipinski definition) is 1. The molecular formula is C26H27N3O3. The van der Waals surface area contributed by atoms with Gasteiger partial charge in [0.05, 0.1) is 0 Å². The number of anilines is 1. The fraction of sp³-hybridized carbons (Fsp3) is 0.269. The highest BCUT2D eigenvalue weighted by atomic mass is 16.5. The van der Waals surface area contributed by atoms with Gasteiger partial charge in [-0.25, -0.2) is 4.98 Å². The quantitative estimate of drug-likeness (QED) is 0.631. The fourth-order valence-electron chi connectivity index (χ4n) is 3.88. The molecule has 1 saturated heterocycles. The Morgan fingerprint density at radius 1 is 1.00 bits per heavy atom. The van der Waals surface area contributed by atoms with E-state index in [1.807, 2.05) is 79.7 Å². The van der Waals surface area contributed by atoms with Gasteiger partial charge in [0.15, 0.2) is 0 Å². The van der Waals surface area contributed by atoms with Crippen LogP contribution in [0, 0.1) is 12.8 Å². The summed E-state index contributed by atoms with van der Waals surface area (Å²) in [5.41, 5.74) is 1.85. The number of rotatable bonds is 6. The average Bonchev–Trinajstić information content (AvgIpc) is 2.83. The number of aryl methyl sites for hydroxylation is 1. The molecule has 4 rings (SSSR count). The minimum Gasteiger partial charge on any atom is -0.476 e. The number of piperidine rings is 1. The SMILES string of the molecule is Cc1ccnc(NC(=O)C2CCN(C(=O)C(Oc3ccccc3)c3ccccc3)CC2)c1. The smallest absolute Gasteiger partial charge is 0.268 e. The molecule has 164 valence electrons. The third kappa shape index (κ3) is 5.32.